The van der Waals surface area contributed by atoms with Crippen molar-refractivity contribution in [1.29, 1.82) is 0 Å². The first-order chi connectivity index (χ1) is 13.9. The number of ether oxygens (including phenoxy) is 1. The number of pyridine rings is 1. The fourth-order valence-corrected chi connectivity index (χ4v) is 2.55. The molecule has 2 heterocycles. The minimum absolute atomic E-state index is 0.138. The van der Waals surface area contributed by atoms with Crippen LogP contribution in [0.3, 0.4) is 0 Å². The number of aliphatic hydroxyl groups excluding tert-OH is 1. The highest BCUT2D eigenvalue weighted by Crippen LogP contribution is 2.27. The number of fused-ring (bicyclic) bond motifs is 1. The number of carbonyl (C=O) groups excluding carboxylic acids is 2. The van der Waals surface area contributed by atoms with Crippen LogP contribution >= 0.6 is 0 Å². The lowest BCUT2D eigenvalue weighted by Crippen LogP contribution is -2.48. The zero-order chi connectivity index (χ0) is 21.0. The minimum Gasteiger partial charge on any atom is -0.464 e. The van der Waals surface area contributed by atoms with Gasteiger partial charge in [-0.2, -0.15) is 0 Å². The summed E-state index contributed by atoms with van der Waals surface area (Å²) in [5, 5.41) is 23.4. The Kier molecular flexibility index (Phi) is 5.60. The number of amides is 3. The van der Waals surface area contributed by atoms with E-state index in [9.17, 15) is 14.4 Å². The van der Waals surface area contributed by atoms with Crippen LogP contribution in [0, 0.1) is 0 Å². The summed E-state index contributed by atoms with van der Waals surface area (Å²) in [6.45, 7) is -0.634. The molecule has 0 aliphatic heterocycles. The molecule has 0 bridgehead atoms. The highest BCUT2D eigenvalue weighted by Gasteiger charge is 2.17. The van der Waals surface area contributed by atoms with Gasteiger partial charge in [-0.3, -0.25) is 14.7 Å². The summed E-state index contributed by atoms with van der Waals surface area (Å²) in [5.74, 6) is 0.0799. The van der Waals surface area contributed by atoms with Gasteiger partial charge in [0.05, 0.1) is 12.1 Å². The van der Waals surface area contributed by atoms with Gasteiger partial charge in [0.25, 0.3) is 0 Å². The van der Waals surface area contributed by atoms with E-state index in [2.05, 4.69) is 15.6 Å². The molecule has 0 aliphatic carbocycles. The van der Waals surface area contributed by atoms with Gasteiger partial charge in [0.2, 0.25) is 5.91 Å². The summed E-state index contributed by atoms with van der Waals surface area (Å²) >= 11 is 0. The highest BCUT2D eigenvalue weighted by molar-refractivity contribution is 5.93. The summed E-state index contributed by atoms with van der Waals surface area (Å²) in [7, 11) is 0. The lowest BCUT2D eigenvalue weighted by molar-refractivity contribution is -0.120. The number of aliphatic hydroxyl groups is 1. The Hall–Kier alpha value is -4.12. The molecule has 2 aromatic heterocycles. The van der Waals surface area contributed by atoms with Crippen molar-refractivity contribution in [2.45, 2.75) is 6.04 Å². The number of primary amides is 1. The van der Waals surface area contributed by atoms with Crippen molar-refractivity contribution in [3.8, 4) is 11.5 Å². The number of hydrogen-bond donors (Lipinski definition) is 5. The van der Waals surface area contributed by atoms with Crippen LogP contribution < -0.4 is 21.1 Å². The lowest BCUT2D eigenvalue weighted by Gasteiger charge is -2.13. The largest absolute Gasteiger partial charge is 0.464 e. The number of hydrogen-bond acceptors (Lipinski definition) is 6. The number of benzene rings is 1. The fourth-order valence-electron chi connectivity index (χ4n) is 2.55. The van der Waals surface area contributed by atoms with Crippen molar-refractivity contribution in [3.63, 3.8) is 0 Å². The average molecular weight is 399 g/mol. The van der Waals surface area contributed by atoms with Crippen LogP contribution in [0.2, 0.25) is 0 Å². The molecule has 11 nitrogen and oxygen atoms in total. The summed E-state index contributed by atoms with van der Waals surface area (Å²) in [6.07, 6.45) is 1.76. The maximum absolute atomic E-state index is 11.9. The van der Waals surface area contributed by atoms with Crippen LogP contribution in [0.25, 0.3) is 10.9 Å². The Morgan fingerprint density at radius 2 is 1.93 bits per heavy atom. The topological polar surface area (TPSA) is 169 Å². The number of nitrogens with zero attached hydrogens (tertiary/aromatic N) is 2. The van der Waals surface area contributed by atoms with Crippen molar-refractivity contribution < 1.29 is 29.3 Å². The predicted octanol–water partition coefficient (Wildman–Crippen LogP) is 1.32. The molecule has 3 rings (SSSR count). The van der Waals surface area contributed by atoms with Gasteiger partial charge < -0.3 is 26.0 Å². The van der Waals surface area contributed by atoms with Gasteiger partial charge in [-0.1, -0.05) is 0 Å². The van der Waals surface area contributed by atoms with Gasteiger partial charge in [0.15, 0.2) is 0 Å². The molecule has 0 spiro atoms. The van der Waals surface area contributed by atoms with E-state index in [0.29, 0.717) is 22.4 Å². The average Bonchev–Trinajstić information content (AvgIpc) is 3.09. The number of anilines is 1. The second-order valence-corrected chi connectivity index (χ2v) is 5.90. The molecule has 1 atom stereocenters. The molecule has 6 N–H and O–H groups in total. The normalized spacial score (nSPS) is 11.6. The fraction of sp³-hybridized carbons (Fsp3) is 0.111. The van der Waals surface area contributed by atoms with Crippen molar-refractivity contribution in [3.05, 3.63) is 48.8 Å². The van der Waals surface area contributed by atoms with E-state index < -0.39 is 30.7 Å². The standard InChI is InChI=1S/C18H17N5O6/c19-16(25)13(9-24)21-17(26)22-15-8-12(3-5-20-15)29-11-1-2-14-10(7-11)4-6-23(14)18(27)28/h1-8,13,24H,9H2,(H2,19,25)(H,27,28)(H2,20,21,22,26)/t13-/m0/s1. The maximum atomic E-state index is 11.9. The van der Waals surface area contributed by atoms with Crippen molar-refractivity contribution in [1.82, 2.24) is 14.9 Å². The molecular weight excluding hydrogens is 382 g/mol. The second kappa shape index (κ2) is 8.27. The van der Waals surface area contributed by atoms with Gasteiger partial charge in [0.1, 0.15) is 23.4 Å². The molecule has 11 heteroatoms. The number of aromatic nitrogens is 2. The Labute approximate surface area is 163 Å². The minimum atomic E-state index is -1.22. The number of carbonyl (C=O) groups is 3. The molecule has 1 aromatic carbocycles. The molecule has 0 fully saturated rings. The second-order valence-electron chi connectivity index (χ2n) is 5.90. The van der Waals surface area contributed by atoms with Crippen molar-refractivity contribution >= 4 is 34.8 Å². The molecule has 29 heavy (non-hydrogen) atoms. The molecule has 0 radical (unpaired) electrons. The van der Waals surface area contributed by atoms with E-state index in [1.165, 1.54) is 18.5 Å². The summed E-state index contributed by atoms with van der Waals surface area (Å²) < 4.78 is 6.83. The summed E-state index contributed by atoms with van der Waals surface area (Å²) in [5.41, 5.74) is 5.57. The SMILES string of the molecule is NC(=O)[C@H](CO)NC(=O)Nc1cc(Oc2ccc3c(ccn3C(=O)O)c2)ccn1. The highest BCUT2D eigenvalue weighted by atomic mass is 16.5. The molecular formula is C18H17N5O6. The number of nitrogens with two attached hydrogens (primary N) is 1. The van der Waals surface area contributed by atoms with E-state index in [1.807, 2.05) is 0 Å². The third-order valence-electron chi connectivity index (χ3n) is 3.91. The van der Waals surface area contributed by atoms with E-state index in [4.69, 9.17) is 20.7 Å². The number of nitrogens with one attached hydrogen (secondary N) is 2. The number of urea groups is 1. The Morgan fingerprint density at radius 1 is 1.17 bits per heavy atom. The van der Waals surface area contributed by atoms with Crippen LogP contribution in [0.4, 0.5) is 15.4 Å². The molecule has 0 aliphatic rings. The van der Waals surface area contributed by atoms with Gasteiger partial charge in [-0.25, -0.2) is 14.6 Å². The number of rotatable bonds is 6. The molecule has 3 amide bonds. The Balaban J connectivity index is 1.71. The monoisotopic (exact) mass is 399 g/mol. The molecule has 150 valence electrons. The van der Waals surface area contributed by atoms with E-state index in [1.54, 1.807) is 30.3 Å². The maximum Gasteiger partial charge on any atom is 0.415 e. The third kappa shape index (κ3) is 4.59. The van der Waals surface area contributed by atoms with E-state index in [0.717, 1.165) is 4.57 Å². The first-order valence-corrected chi connectivity index (χ1v) is 8.33. The van der Waals surface area contributed by atoms with Crippen molar-refractivity contribution in [2.75, 3.05) is 11.9 Å². The van der Waals surface area contributed by atoms with Crippen LogP contribution in [0.5, 0.6) is 11.5 Å². The van der Waals surface area contributed by atoms with Crippen molar-refractivity contribution in [2.24, 2.45) is 5.73 Å². The summed E-state index contributed by atoms with van der Waals surface area (Å²) in [6, 6.07) is 7.57. The van der Waals surface area contributed by atoms with Crippen LogP contribution in [0.15, 0.2) is 48.8 Å². The molecule has 3 aromatic rings. The van der Waals surface area contributed by atoms with Crippen LogP contribution in [-0.4, -0.2) is 50.4 Å². The van der Waals surface area contributed by atoms with Gasteiger partial charge in [-0.05, 0) is 30.3 Å². The van der Waals surface area contributed by atoms with E-state index in [-0.39, 0.29) is 5.82 Å². The molecule has 0 unspecified atom stereocenters. The summed E-state index contributed by atoms with van der Waals surface area (Å²) in [4.78, 5) is 38.1. The zero-order valence-electron chi connectivity index (χ0n) is 14.9. The van der Waals surface area contributed by atoms with Crippen LogP contribution in [0.1, 0.15) is 0 Å². The Bertz CT molecular complexity index is 1080. The molecule has 0 saturated heterocycles. The van der Waals surface area contributed by atoms with Gasteiger partial charge >= 0.3 is 12.1 Å². The smallest absolute Gasteiger partial charge is 0.415 e. The van der Waals surface area contributed by atoms with Crippen LogP contribution in [-0.2, 0) is 4.79 Å². The zero-order valence-corrected chi connectivity index (χ0v) is 14.9. The third-order valence-corrected chi connectivity index (χ3v) is 3.91. The lowest BCUT2D eigenvalue weighted by atomic mass is 10.2. The molecule has 0 saturated carbocycles. The van der Waals surface area contributed by atoms with Gasteiger partial charge in [-0.15, -0.1) is 0 Å². The Morgan fingerprint density at radius 3 is 2.62 bits per heavy atom. The predicted molar refractivity (Wildman–Crippen MR) is 102 cm³/mol. The van der Waals surface area contributed by atoms with E-state index >= 15 is 0 Å². The first-order valence-electron chi connectivity index (χ1n) is 8.33. The quantitative estimate of drug-likeness (QED) is 0.416. The first kappa shape index (κ1) is 19.6. The number of carboxylic acid groups (broad SMARTS) is 1. The van der Waals surface area contributed by atoms with Gasteiger partial charge in [0, 0.05) is 23.8 Å².